The Balaban J connectivity index is 2.31. The van der Waals surface area contributed by atoms with Gasteiger partial charge >= 0.3 is 0 Å². The van der Waals surface area contributed by atoms with Crippen molar-refractivity contribution in [3.63, 3.8) is 0 Å². The first kappa shape index (κ1) is 21.3. The van der Waals surface area contributed by atoms with Gasteiger partial charge in [0.1, 0.15) is 5.84 Å². The van der Waals surface area contributed by atoms with Crippen molar-refractivity contribution in [3.8, 4) is 0 Å². The Morgan fingerprint density at radius 3 is 2.82 bits per heavy atom. The van der Waals surface area contributed by atoms with Crippen LogP contribution in [-0.4, -0.2) is 21.9 Å². The number of fused-ring (bicyclic) bond motifs is 1. The number of benzene rings is 1. The molecule has 0 aliphatic carbocycles. The van der Waals surface area contributed by atoms with Gasteiger partial charge < -0.3 is 5.73 Å². The summed E-state index contributed by atoms with van der Waals surface area (Å²) in [5, 5.41) is 16.5. The zero-order valence-electron chi connectivity index (χ0n) is 16.7. The monoisotopic (exact) mass is 381 g/mol. The van der Waals surface area contributed by atoms with Gasteiger partial charge in [-0.2, -0.15) is 5.10 Å². The lowest BCUT2D eigenvalue weighted by Gasteiger charge is -2.07. The summed E-state index contributed by atoms with van der Waals surface area (Å²) in [6.07, 6.45) is 8.32. The summed E-state index contributed by atoms with van der Waals surface area (Å²) in [4.78, 5) is 4.22. The molecule has 0 aliphatic heterocycles. The predicted molar refractivity (Wildman–Crippen MR) is 116 cm³/mol. The van der Waals surface area contributed by atoms with Crippen molar-refractivity contribution in [2.24, 2.45) is 16.6 Å². The highest BCUT2D eigenvalue weighted by Gasteiger charge is 2.13. The molecule has 0 saturated carbocycles. The highest BCUT2D eigenvalue weighted by molar-refractivity contribution is 6.06. The van der Waals surface area contributed by atoms with Gasteiger partial charge in [0, 0.05) is 23.3 Å². The third kappa shape index (κ3) is 5.74. The third-order valence-corrected chi connectivity index (χ3v) is 4.20. The first-order chi connectivity index (χ1) is 13.3. The molecule has 0 radical (unpaired) electrons. The first-order valence-corrected chi connectivity index (χ1v) is 9.33. The van der Waals surface area contributed by atoms with Gasteiger partial charge in [0.05, 0.1) is 17.0 Å². The van der Waals surface area contributed by atoms with Crippen molar-refractivity contribution in [2.75, 3.05) is 0 Å². The van der Waals surface area contributed by atoms with Gasteiger partial charge in [0.15, 0.2) is 5.84 Å². The molecule has 1 atom stereocenters. The summed E-state index contributed by atoms with van der Waals surface area (Å²) in [6, 6.07) is 5.56. The number of nitrogens with two attached hydrogens (primary N) is 1. The van der Waals surface area contributed by atoms with E-state index in [1.54, 1.807) is 6.08 Å². The van der Waals surface area contributed by atoms with E-state index >= 15 is 0 Å². The van der Waals surface area contributed by atoms with Crippen molar-refractivity contribution < 1.29 is 4.39 Å². The zero-order chi connectivity index (χ0) is 20.7. The molecule has 6 heteroatoms. The lowest BCUT2D eigenvalue weighted by Crippen LogP contribution is -2.16. The third-order valence-electron chi connectivity index (χ3n) is 4.20. The molecule has 4 N–H and O–H groups in total. The van der Waals surface area contributed by atoms with Crippen molar-refractivity contribution >= 4 is 22.6 Å². The molecule has 1 heterocycles. The van der Waals surface area contributed by atoms with Crippen LogP contribution in [-0.2, 0) is 0 Å². The minimum absolute atomic E-state index is 0.0998. The second kappa shape index (κ2) is 9.78. The van der Waals surface area contributed by atoms with Gasteiger partial charge in [-0.1, -0.05) is 32.1 Å². The van der Waals surface area contributed by atoms with E-state index in [1.807, 2.05) is 30.4 Å². The van der Waals surface area contributed by atoms with Crippen LogP contribution in [0.3, 0.4) is 0 Å². The van der Waals surface area contributed by atoms with Gasteiger partial charge in [-0.3, -0.25) is 10.5 Å². The number of nitrogens with one attached hydrogen (secondary N) is 2. The molecular weight excluding hydrogens is 353 g/mol. The van der Waals surface area contributed by atoms with Crippen LogP contribution in [0.4, 0.5) is 4.39 Å². The topological polar surface area (TPSA) is 90.9 Å². The quantitative estimate of drug-likeness (QED) is 0.325. The fraction of sp³-hybridized carbons (Fsp3) is 0.318. The normalized spacial score (nSPS) is 14.2. The van der Waals surface area contributed by atoms with Crippen LogP contribution >= 0.6 is 0 Å². The molecule has 0 aliphatic rings. The molecule has 0 bridgehead atoms. The summed E-state index contributed by atoms with van der Waals surface area (Å²) in [5.74, 6) is 0.664. The number of allylic oxidation sites excluding steroid dienone is 5. The Hall–Kier alpha value is -3.02. The van der Waals surface area contributed by atoms with Crippen LogP contribution < -0.4 is 5.73 Å². The molecular formula is C22H28FN5. The number of H-pyrrole nitrogens is 1. The second-order valence-electron chi connectivity index (χ2n) is 7.14. The van der Waals surface area contributed by atoms with Crippen LogP contribution in [0.1, 0.15) is 50.8 Å². The van der Waals surface area contributed by atoms with Crippen molar-refractivity contribution in [1.82, 2.24) is 10.2 Å². The van der Waals surface area contributed by atoms with E-state index in [9.17, 15) is 4.39 Å². The van der Waals surface area contributed by atoms with E-state index in [4.69, 9.17) is 11.1 Å². The Bertz CT molecular complexity index is 930. The highest BCUT2D eigenvalue weighted by atomic mass is 19.1. The van der Waals surface area contributed by atoms with Crippen LogP contribution in [0.15, 0.2) is 59.9 Å². The van der Waals surface area contributed by atoms with Gasteiger partial charge in [-0.05, 0) is 43.5 Å². The SMILES string of the molecule is C=CC(C=CC/C=C(\C)F)c1[nH]nc2ccc(C(=N)N=C(N)CC(C)C)cc12. The number of halogens is 1. The molecule has 2 aromatic rings. The summed E-state index contributed by atoms with van der Waals surface area (Å²) in [7, 11) is 0. The lowest BCUT2D eigenvalue weighted by atomic mass is 9.99. The van der Waals surface area contributed by atoms with Crippen molar-refractivity contribution in [2.45, 2.75) is 39.5 Å². The maximum absolute atomic E-state index is 12.8. The Morgan fingerprint density at radius 2 is 2.18 bits per heavy atom. The molecule has 1 aromatic heterocycles. The number of hydrogen-bond acceptors (Lipinski definition) is 2. The highest BCUT2D eigenvalue weighted by Crippen LogP contribution is 2.26. The number of aromatic amines is 1. The minimum Gasteiger partial charge on any atom is -0.387 e. The molecule has 0 spiro atoms. The molecule has 0 fully saturated rings. The first-order valence-electron chi connectivity index (χ1n) is 9.33. The standard InChI is InChI=1S/C22H28FN5/c1-5-16(9-7-6-8-15(4)23)21-18-13-17(10-11-19(18)27-28-21)22(25)26-20(24)12-14(2)3/h5,7-11,13-14,16H,1,6,12H2,2-4H3,(H,27,28)(H3,24,25,26)/b9-7?,15-8+. The number of aliphatic imine (C=N–C) groups is 1. The molecule has 148 valence electrons. The largest absolute Gasteiger partial charge is 0.387 e. The maximum Gasteiger partial charge on any atom is 0.153 e. The van der Waals surface area contributed by atoms with E-state index in [1.165, 1.54) is 13.0 Å². The predicted octanol–water partition coefficient (Wildman–Crippen LogP) is 5.38. The number of rotatable bonds is 8. The fourth-order valence-corrected chi connectivity index (χ4v) is 2.85. The fourth-order valence-electron chi connectivity index (χ4n) is 2.85. The Kier molecular flexibility index (Phi) is 7.44. The Morgan fingerprint density at radius 1 is 1.43 bits per heavy atom. The van der Waals surface area contributed by atoms with E-state index in [0.717, 1.165) is 16.6 Å². The number of aromatic nitrogens is 2. The molecule has 28 heavy (non-hydrogen) atoms. The number of amidine groups is 2. The Labute approximate surface area is 165 Å². The average Bonchev–Trinajstić information content (AvgIpc) is 3.04. The van der Waals surface area contributed by atoms with Gasteiger partial charge in [0.25, 0.3) is 0 Å². The minimum atomic E-state index is -0.202. The summed E-state index contributed by atoms with van der Waals surface area (Å²) in [5.41, 5.74) is 8.27. The van der Waals surface area contributed by atoms with Crippen molar-refractivity contribution in [1.29, 1.82) is 5.41 Å². The van der Waals surface area contributed by atoms with Crippen LogP contribution in [0.25, 0.3) is 10.9 Å². The van der Waals surface area contributed by atoms with Gasteiger partial charge in [0.2, 0.25) is 0 Å². The van der Waals surface area contributed by atoms with Crippen LogP contribution in [0.2, 0.25) is 0 Å². The molecule has 0 amide bonds. The second-order valence-corrected chi connectivity index (χ2v) is 7.14. The van der Waals surface area contributed by atoms with Gasteiger partial charge in [-0.25, -0.2) is 9.38 Å². The number of nitrogens with zero attached hydrogens (tertiary/aromatic N) is 2. The van der Waals surface area contributed by atoms with E-state index in [-0.39, 0.29) is 17.6 Å². The summed E-state index contributed by atoms with van der Waals surface area (Å²) >= 11 is 0. The molecule has 2 rings (SSSR count). The average molecular weight is 381 g/mol. The number of hydrogen-bond donors (Lipinski definition) is 3. The van der Waals surface area contributed by atoms with E-state index in [2.05, 4.69) is 35.6 Å². The van der Waals surface area contributed by atoms with Crippen LogP contribution in [0, 0.1) is 11.3 Å². The van der Waals surface area contributed by atoms with Crippen LogP contribution in [0.5, 0.6) is 0 Å². The van der Waals surface area contributed by atoms with E-state index in [0.29, 0.717) is 30.2 Å². The van der Waals surface area contributed by atoms with Crippen molar-refractivity contribution in [3.05, 3.63) is 66.2 Å². The van der Waals surface area contributed by atoms with E-state index < -0.39 is 0 Å². The smallest absolute Gasteiger partial charge is 0.153 e. The molecule has 0 saturated heterocycles. The molecule has 1 aromatic carbocycles. The summed E-state index contributed by atoms with van der Waals surface area (Å²) in [6.45, 7) is 9.44. The van der Waals surface area contributed by atoms with Gasteiger partial charge in [-0.15, -0.1) is 6.58 Å². The molecule has 1 unspecified atom stereocenters. The molecule has 5 nitrogen and oxygen atoms in total. The summed E-state index contributed by atoms with van der Waals surface area (Å²) < 4.78 is 12.8. The lowest BCUT2D eigenvalue weighted by molar-refractivity contribution is 0.636. The maximum atomic E-state index is 12.8. The zero-order valence-corrected chi connectivity index (χ0v) is 16.7.